The second-order valence-electron chi connectivity index (χ2n) is 3.43. The van der Waals surface area contributed by atoms with Gasteiger partial charge in [0.15, 0.2) is 0 Å². The van der Waals surface area contributed by atoms with E-state index >= 15 is 0 Å². The molecule has 1 aromatic carbocycles. The molecule has 0 aliphatic rings. The molecule has 1 aromatic heterocycles. The van der Waals surface area contributed by atoms with Crippen LogP contribution in [0.3, 0.4) is 0 Å². The van der Waals surface area contributed by atoms with Crippen molar-refractivity contribution in [2.45, 2.75) is 6.54 Å². The Morgan fingerprint density at radius 2 is 2.22 bits per heavy atom. The first-order chi connectivity index (χ1) is 8.56. The summed E-state index contributed by atoms with van der Waals surface area (Å²) in [5.41, 5.74) is 0.473. The molecule has 0 saturated heterocycles. The summed E-state index contributed by atoms with van der Waals surface area (Å²) in [6.07, 6.45) is 0. The van der Waals surface area contributed by atoms with Crippen molar-refractivity contribution in [2.75, 3.05) is 5.32 Å². The number of nitrogens with zero attached hydrogens (tertiary/aromatic N) is 1. The molecule has 0 bridgehead atoms. The zero-order valence-electron chi connectivity index (χ0n) is 8.98. The minimum absolute atomic E-state index is 0.0138. The number of carboxylic acids is 1. The molecule has 0 radical (unpaired) electrons. The third-order valence-corrected chi connectivity index (χ3v) is 3.00. The van der Waals surface area contributed by atoms with Crippen molar-refractivity contribution in [3.63, 3.8) is 0 Å². The molecule has 0 spiro atoms. The molecule has 0 aliphatic heterocycles. The third-order valence-electron chi connectivity index (χ3n) is 2.12. The first kappa shape index (κ1) is 12.4. The predicted octanol–water partition coefficient (Wildman–Crippen LogP) is 2.73. The van der Waals surface area contributed by atoms with Crippen LogP contribution in [0.4, 0.5) is 14.5 Å². The van der Waals surface area contributed by atoms with E-state index in [0.29, 0.717) is 5.69 Å². The van der Waals surface area contributed by atoms with Gasteiger partial charge in [0.25, 0.3) is 0 Å². The normalized spacial score (nSPS) is 10.3. The van der Waals surface area contributed by atoms with E-state index in [-0.39, 0.29) is 17.2 Å². The maximum absolute atomic E-state index is 13.3. The Hall–Kier alpha value is -2.02. The van der Waals surface area contributed by atoms with E-state index in [4.69, 9.17) is 5.11 Å². The lowest BCUT2D eigenvalue weighted by Crippen LogP contribution is -2.03. The van der Waals surface area contributed by atoms with Crippen LogP contribution < -0.4 is 5.32 Å². The van der Waals surface area contributed by atoms with Crippen LogP contribution in [0.2, 0.25) is 0 Å². The Bertz CT molecular complexity index is 586. The average Bonchev–Trinajstić information content (AvgIpc) is 2.79. The minimum atomic E-state index is -1.11. The molecule has 0 aliphatic carbocycles. The van der Waals surface area contributed by atoms with Crippen molar-refractivity contribution in [3.05, 3.63) is 45.9 Å². The fourth-order valence-corrected chi connectivity index (χ4v) is 1.96. The molecule has 7 heteroatoms. The molecule has 4 nitrogen and oxygen atoms in total. The zero-order chi connectivity index (χ0) is 13.1. The highest BCUT2D eigenvalue weighted by Crippen LogP contribution is 2.17. The number of aromatic carboxylic acids is 1. The van der Waals surface area contributed by atoms with Crippen LogP contribution in [0.1, 0.15) is 15.5 Å². The quantitative estimate of drug-likeness (QED) is 0.896. The predicted molar refractivity (Wildman–Crippen MR) is 62.8 cm³/mol. The van der Waals surface area contributed by atoms with Crippen LogP contribution in [-0.4, -0.2) is 16.1 Å². The van der Waals surface area contributed by atoms with E-state index in [1.165, 1.54) is 0 Å². The molecule has 94 valence electrons. The van der Waals surface area contributed by atoms with Gasteiger partial charge in [0.2, 0.25) is 5.01 Å². The number of rotatable bonds is 4. The molecule has 0 fully saturated rings. The molecular weight excluding hydrogens is 262 g/mol. The Morgan fingerprint density at radius 3 is 2.89 bits per heavy atom. The van der Waals surface area contributed by atoms with Gasteiger partial charge in [-0.1, -0.05) is 0 Å². The van der Waals surface area contributed by atoms with Crippen molar-refractivity contribution in [2.24, 2.45) is 0 Å². The maximum Gasteiger partial charge on any atom is 0.365 e. The Balaban J connectivity index is 2.06. The van der Waals surface area contributed by atoms with Gasteiger partial charge in [0.1, 0.15) is 11.6 Å². The van der Waals surface area contributed by atoms with Gasteiger partial charge >= 0.3 is 5.97 Å². The summed E-state index contributed by atoms with van der Waals surface area (Å²) in [6.45, 7) is 0.129. The van der Waals surface area contributed by atoms with Gasteiger partial charge in [-0.3, -0.25) is 0 Å². The van der Waals surface area contributed by atoms with Crippen molar-refractivity contribution >= 4 is 23.0 Å². The molecule has 2 rings (SSSR count). The Labute approximate surface area is 105 Å². The van der Waals surface area contributed by atoms with Gasteiger partial charge < -0.3 is 10.4 Å². The van der Waals surface area contributed by atoms with E-state index in [2.05, 4.69) is 10.3 Å². The van der Waals surface area contributed by atoms with Crippen molar-refractivity contribution in [1.82, 2.24) is 4.98 Å². The zero-order valence-corrected chi connectivity index (χ0v) is 9.80. The van der Waals surface area contributed by atoms with E-state index in [0.717, 1.165) is 29.5 Å². The number of aromatic nitrogens is 1. The van der Waals surface area contributed by atoms with Gasteiger partial charge in [0.05, 0.1) is 17.9 Å². The largest absolute Gasteiger partial charge is 0.476 e. The molecule has 2 aromatic rings. The van der Waals surface area contributed by atoms with Crippen LogP contribution in [0.5, 0.6) is 0 Å². The number of hydrogen-bond donors (Lipinski definition) is 2. The molecule has 0 atom stereocenters. The number of nitrogens with one attached hydrogen (secondary N) is 1. The van der Waals surface area contributed by atoms with Gasteiger partial charge in [0, 0.05) is 5.38 Å². The van der Waals surface area contributed by atoms with Crippen molar-refractivity contribution < 1.29 is 18.7 Å². The van der Waals surface area contributed by atoms with Crippen LogP contribution in [-0.2, 0) is 6.54 Å². The summed E-state index contributed by atoms with van der Waals surface area (Å²) < 4.78 is 26.1. The summed E-state index contributed by atoms with van der Waals surface area (Å²) >= 11 is 0.982. The number of thiazole rings is 1. The van der Waals surface area contributed by atoms with Crippen LogP contribution >= 0.6 is 11.3 Å². The summed E-state index contributed by atoms with van der Waals surface area (Å²) in [5.74, 6) is -2.24. The highest BCUT2D eigenvalue weighted by atomic mass is 32.1. The van der Waals surface area contributed by atoms with Crippen LogP contribution in [0, 0.1) is 11.6 Å². The lowest BCUT2D eigenvalue weighted by molar-refractivity contribution is 0.0696. The Morgan fingerprint density at radius 1 is 1.44 bits per heavy atom. The SMILES string of the molecule is O=C(O)c1nc(CNc2cc(F)ccc2F)cs1. The molecule has 0 saturated carbocycles. The number of carboxylic acid groups (broad SMARTS) is 1. The van der Waals surface area contributed by atoms with Crippen LogP contribution in [0.25, 0.3) is 0 Å². The molecular formula is C11H8F2N2O2S. The van der Waals surface area contributed by atoms with E-state index in [1.54, 1.807) is 5.38 Å². The number of anilines is 1. The van der Waals surface area contributed by atoms with Gasteiger partial charge in [-0.05, 0) is 18.2 Å². The maximum atomic E-state index is 13.3. The number of carbonyl (C=O) groups is 1. The molecule has 1 heterocycles. The first-order valence-electron chi connectivity index (χ1n) is 4.93. The smallest absolute Gasteiger partial charge is 0.365 e. The van der Waals surface area contributed by atoms with Gasteiger partial charge in [-0.25, -0.2) is 18.6 Å². The number of hydrogen-bond acceptors (Lipinski definition) is 4. The lowest BCUT2D eigenvalue weighted by Gasteiger charge is -2.05. The second-order valence-corrected chi connectivity index (χ2v) is 4.28. The van der Waals surface area contributed by atoms with Crippen molar-refractivity contribution in [3.8, 4) is 0 Å². The molecule has 0 amide bonds. The van der Waals surface area contributed by atoms with E-state index in [1.807, 2.05) is 0 Å². The summed E-state index contributed by atoms with van der Waals surface area (Å²) in [6, 6.07) is 3.06. The van der Waals surface area contributed by atoms with E-state index < -0.39 is 17.6 Å². The number of benzene rings is 1. The third kappa shape index (κ3) is 2.80. The minimum Gasteiger partial charge on any atom is -0.476 e. The fourth-order valence-electron chi connectivity index (χ4n) is 1.31. The first-order valence-corrected chi connectivity index (χ1v) is 5.81. The standard InChI is InChI=1S/C11H8F2N2O2S/c12-6-1-2-8(13)9(3-6)14-4-7-5-18-10(15-7)11(16)17/h1-3,5,14H,4H2,(H,16,17). The lowest BCUT2D eigenvalue weighted by atomic mass is 10.3. The van der Waals surface area contributed by atoms with Crippen molar-refractivity contribution in [1.29, 1.82) is 0 Å². The highest BCUT2D eigenvalue weighted by Gasteiger charge is 2.09. The summed E-state index contributed by atoms with van der Waals surface area (Å²) in [4.78, 5) is 14.4. The second kappa shape index (κ2) is 5.09. The highest BCUT2D eigenvalue weighted by molar-refractivity contribution is 7.11. The monoisotopic (exact) mass is 270 g/mol. The summed E-state index contributed by atoms with van der Waals surface area (Å²) in [5, 5.41) is 12.9. The fraction of sp³-hybridized carbons (Fsp3) is 0.0909. The Kier molecular flexibility index (Phi) is 3.52. The van der Waals surface area contributed by atoms with E-state index in [9.17, 15) is 13.6 Å². The summed E-state index contributed by atoms with van der Waals surface area (Å²) in [7, 11) is 0. The molecule has 18 heavy (non-hydrogen) atoms. The molecule has 2 N–H and O–H groups in total. The number of halogens is 2. The van der Waals surface area contributed by atoms with Crippen LogP contribution in [0.15, 0.2) is 23.6 Å². The topological polar surface area (TPSA) is 62.2 Å². The van der Waals surface area contributed by atoms with Gasteiger partial charge in [-0.2, -0.15) is 0 Å². The van der Waals surface area contributed by atoms with Gasteiger partial charge in [-0.15, -0.1) is 11.3 Å². The molecule has 0 unspecified atom stereocenters. The average molecular weight is 270 g/mol.